The molecular formula is C15H17N5O2. The van der Waals surface area contributed by atoms with Crippen molar-refractivity contribution in [3.05, 3.63) is 64.1 Å². The zero-order valence-corrected chi connectivity index (χ0v) is 12.3. The molecule has 2 aromatic rings. The molecule has 0 spiro atoms. The second-order valence-electron chi connectivity index (χ2n) is 4.61. The summed E-state index contributed by atoms with van der Waals surface area (Å²) in [5.41, 5.74) is 10.7. The number of carbonyl (C=O) groups excluding carboxylic acids is 1. The highest BCUT2D eigenvalue weighted by molar-refractivity contribution is 5.74. The van der Waals surface area contributed by atoms with Gasteiger partial charge in [-0.25, -0.2) is 4.98 Å². The molecule has 0 amide bonds. The van der Waals surface area contributed by atoms with Crippen LogP contribution in [0.15, 0.2) is 41.9 Å². The van der Waals surface area contributed by atoms with E-state index in [1.54, 1.807) is 18.5 Å². The molecule has 7 nitrogen and oxygen atoms in total. The quantitative estimate of drug-likeness (QED) is 0.324. The van der Waals surface area contributed by atoms with Gasteiger partial charge >= 0.3 is 0 Å². The van der Waals surface area contributed by atoms with Crippen molar-refractivity contribution < 1.29 is 9.53 Å². The number of ether oxygens (including phenoxy) is 1. The number of aldehydes is 1. The van der Waals surface area contributed by atoms with Crippen LogP contribution < -0.4 is 0 Å². The third kappa shape index (κ3) is 3.94. The molecule has 1 atom stereocenters. The lowest BCUT2D eigenvalue weighted by molar-refractivity contribution is 0.0409. The van der Waals surface area contributed by atoms with Gasteiger partial charge in [-0.15, -0.1) is 0 Å². The zero-order chi connectivity index (χ0) is 15.8. The maximum Gasteiger partial charge on any atom is 0.160 e. The maximum absolute atomic E-state index is 10.7. The minimum atomic E-state index is -0.300. The van der Waals surface area contributed by atoms with Crippen LogP contribution in [0, 0.1) is 0 Å². The first-order valence-corrected chi connectivity index (χ1v) is 6.98. The van der Waals surface area contributed by atoms with Crippen molar-refractivity contribution in [2.75, 3.05) is 13.2 Å². The Labute approximate surface area is 128 Å². The molecule has 0 saturated heterocycles. The van der Waals surface area contributed by atoms with E-state index >= 15 is 0 Å². The summed E-state index contributed by atoms with van der Waals surface area (Å²) < 4.78 is 7.65. The van der Waals surface area contributed by atoms with E-state index in [0.29, 0.717) is 25.1 Å². The van der Waals surface area contributed by atoms with Crippen LogP contribution in [0.3, 0.4) is 0 Å². The van der Waals surface area contributed by atoms with Gasteiger partial charge < -0.3 is 9.30 Å². The molecule has 7 heteroatoms. The van der Waals surface area contributed by atoms with Crippen LogP contribution in [-0.4, -0.2) is 29.0 Å². The van der Waals surface area contributed by atoms with E-state index in [9.17, 15) is 4.79 Å². The topological polar surface area (TPSA) is 92.9 Å². The molecule has 0 aliphatic rings. The van der Waals surface area contributed by atoms with E-state index in [2.05, 4.69) is 15.0 Å². The van der Waals surface area contributed by atoms with Crippen LogP contribution in [0.1, 0.15) is 34.8 Å². The average molecular weight is 299 g/mol. The van der Waals surface area contributed by atoms with Gasteiger partial charge in [0.05, 0.1) is 12.0 Å². The van der Waals surface area contributed by atoms with Gasteiger partial charge in [-0.2, -0.15) is 0 Å². The molecule has 0 aliphatic heterocycles. The SMILES string of the molecule is CCOC(c1ccc(C=O)cc1)n1cnc(CCN=[N+]=[N-])c1. The summed E-state index contributed by atoms with van der Waals surface area (Å²) in [7, 11) is 0. The van der Waals surface area contributed by atoms with Gasteiger partial charge in [0, 0.05) is 35.4 Å². The molecule has 1 aromatic heterocycles. The van der Waals surface area contributed by atoms with Crippen molar-refractivity contribution in [3.8, 4) is 0 Å². The summed E-state index contributed by atoms with van der Waals surface area (Å²) in [5.74, 6) is 0. The van der Waals surface area contributed by atoms with Gasteiger partial charge in [-0.1, -0.05) is 29.4 Å². The molecule has 0 aliphatic carbocycles. The monoisotopic (exact) mass is 299 g/mol. The summed E-state index contributed by atoms with van der Waals surface area (Å²) in [6.45, 7) is 2.85. The fraction of sp³-hybridized carbons (Fsp3) is 0.333. The van der Waals surface area contributed by atoms with Crippen molar-refractivity contribution >= 4 is 6.29 Å². The standard InChI is InChI=1S/C15H17N5O2/c1-2-22-15(13-5-3-12(10-21)4-6-13)20-9-14(17-11-20)7-8-18-19-16/h3-6,9-11,15H,2,7-8H2,1H3. The highest BCUT2D eigenvalue weighted by Crippen LogP contribution is 2.20. The smallest absolute Gasteiger partial charge is 0.160 e. The number of benzene rings is 1. The normalized spacial score (nSPS) is 11.7. The molecule has 0 N–H and O–H groups in total. The van der Waals surface area contributed by atoms with Gasteiger partial charge in [0.2, 0.25) is 0 Å². The molecule has 22 heavy (non-hydrogen) atoms. The largest absolute Gasteiger partial charge is 0.354 e. The predicted molar refractivity (Wildman–Crippen MR) is 81.5 cm³/mol. The first kappa shape index (κ1) is 15.8. The summed E-state index contributed by atoms with van der Waals surface area (Å²) in [5, 5.41) is 3.50. The predicted octanol–water partition coefficient (Wildman–Crippen LogP) is 3.13. The summed E-state index contributed by atoms with van der Waals surface area (Å²) in [6.07, 6.45) is 4.66. The van der Waals surface area contributed by atoms with Gasteiger partial charge in [0.15, 0.2) is 6.23 Å². The third-order valence-electron chi connectivity index (χ3n) is 3.14. The molecule has 0 bridgehead atoms. The highest BCUT2D eigenvalue weighted by Gasteiger charge is 2.14. The molecule has 1 aromatic carbocycles. The van der Waals surface area contributed by atoms with E-state index in [4.69, 9.17) is 10.3 Å². The lowest BCUT2D eigenvalue weighted by Gasteiger charge is -2.18. The van der Waals surface area contributed by atoms with Gasteiger partial charge in [0.25, 0.3) is 0 Å². The molecular weight excluding hydrogens is 282 g/mol. The minimum absolute atomic E-state index is 0.300. The lowest BCUT2D eigenvalue weighted by atomic mass is 10.1. The summed E-state index contributed by atoms with van der Waals surface area (Å²) >= 11 is 0. The van der Waals surface area contributed by atoms with Crippen molar-refractivity contribution in [2.45, 2.75) is 19.6 Å². The van der Waals surface area contributed by atoms with Gasteiger partial charge in [-0.3, -0.25) is 4.79 Å². The molecule has 2 rings (SSSR count). The number of hydrogen-bond donors (Lipinski definition) is 0. The lowest BCUT2D eigenvalue weighted by Crippen LogP contribution is -2.13. The van der Waals surface area contributed by atoms with Gasteiger partial charge in [-0.05, 0) is 18.9 Å². The fourth-order valence-electron chi connectivity index (χ4n) is 2.10. The van der Waals surface area contributed by atoms with Gasteiger partial charge in [0.1, 0.15) is 6.29 Å². The number of aromatic nitrogens is 2. The molecule has 1 heterocycles. The number of azide groups is 1. The van der Waals surface area contributed by atoms with Crippen molar-refractivity contribution in [3.63, 3.8) is 0 Å². The van der Waals surface area contributed by atoms with E-state index in [-0.39, 0.29) is 6.23 Å². The molecule has 0 radical (unpaired) electrons. The van der Waals surface area contributed by atoms with E-state index in [1.165, 1.54) is 0 Å². The van der Waals surface area contributed by atoms with Crippen LogP contribution in [0.5, 0.6) is 0 Å². The number of rotatable bonds is 8. The Hall–Kier alpha value is -2.63. The van der Waals surface area contributed by atoms with E-state index in [1.807, 2.05) is 29.8 Å². The second kappa shape index (κ2) is 7.97. The average Bonchev–Trinajstić information content (AvgIpc) is 3.01. The van der Waals surface area contributed by atoms with Crippen LogP contribution in [0.2, 0.25) is 0 Å². The molecule has 114 valence electrons. The molecule has 1 unspecified atom stereocenters. The summed E-state index contributed by atoms with van der Waals surface area (Å²) in [6, 6.07) is 7.25. The van der Waals surface area contributed by atoms with Crippen LogP contribution in [-0.2, 0) is 11.2 Å². The van der Waals surface area contributed by atoms with E-state index in [0.717, 1.165) is 17.5 Å². The third-order valence-corrected chi connectivity index (χ3v) is 3.14. The van der Waals surface area contributed by atoms with Crippen molar-refractivity contribution in [2.24, 2.45) is 5.11 Å². The van der Waals surface area contributed by atoms with Crippen LogP contribution in [0.4, 0.5) is 0 Å². The Morgan fingerprint density at radius 2 is 2.23 bits per heavy atom. The Bertz CT molecular complexity index is 659. The summed E-state index contributed by atoms with van der Waals surface area (Å²) in [4.78, 5) is 17.7. The second-order valence-corrected chi connectivity index (χ2v) is 4.61. The van der Waals surface area contributed by atoms with Crippen molar-refractivity contribution in [1.29, 1.82) is 0 Å². The van der Waals surface area contributed by atoms with E-state index < -0.39 is 0 Å². The Balaban J connectivity index is 2.19. The number of nitrogens with zero attached hydrogens (tertiary/aromatic N) is 5. The fourth-order valence-corrected chi connectivity index (χ4v) is 2.10. The first-order chi connectivity index (χ1) is 10.8. The number of imidazole rings is 1. The van der Waals surface area contributed by atoms with Crippen LogP contribution >= 0.6 is 0 Å². The molecule has 0 fully saturated rings. The Morgan fingerprint density at radius 3 is 2.86 bits per heavy atom. The Kier molecular flexibility index (Phi) is 5.71. The minimum Gasteiger partial charge on any atom is -0.354 e. The highest BCUT2D eigenvalue weighted by atomic mass is 16.5. The first-order valence-electron chi connectivity index (χ1n) is 6.98. The maximum atomic E-state index is 10.7. The number of carbonyl (C=O) groups is 1. The van der Waals surface area contributed by atoms with Crippen molar-refractivity contribution in [1.82, 2.24) is 9.55 Å². The Morgan fingerprint density at radius 1 is 1.45 bits per heavy atom. The molecule has 0 saturated carbocycles. The van der Waals surface area contributed by atoms with Crippen LogP contribution in [0.25, 0.3) is 10.4 Å². The zero-order valence-electron chi connectivity index (χ0n) is 12.3. The number of hydrogen-bond acceptors (Lipinski definition) is 4.